The van der Waals surface area contributed by atoms with E-state index in [1.807, 2.05) is 0 Å². The summed E-state index contributed by atoms with van der Waals surface area (Å²) < 4.78 is 10.9. The normalized spacial score (nSPS) is 42.7. The number of fused-ring (bicyclic) bond motifs is 4. The van der Waals surface area contributed by atoms with Crippen molar-refractivity contribution in [3.05, 3.63) is 0 Å². The molecule has 3 aliphatic rings. The predicted molar refractivity (Wildman–Crippen MR) is 33.3 cm³/mol. The molecule has 2 aliphatic heterocycles. The van der Waals surface area contributed by atoms with Crippen LogP contribution in [-0.4, -0.2) is 25.4 Å². The lowest BCUT2D eigenvalue weighted by Crippen LogP contribution is -2.40. The van der Waals surface area contributed by atoms with Gasteiger partial charge in [-0.1, -0.05) is 0 Å². The summed E-state index contributed by atoms with van der Waals surface area (Å²) in [7, 11) is 0. The first kappa shape index (κ1) is 5.69. The fraction of sp³-hybridized carbons (Fsp3) is 1.00. The highest BCUT2D eigenvalue weighted by molar-refractivity contribution is 4.81. The van der Waals surface area contributed by atoms with Gasteiger partial charge in [0, 0.05) is 13.2 Å². The zero-order valence-corrected chi connectivity index (χ0v) is 5.51. The monoisotopic (exact) mass is 128 g/mol. The minimum atomic E-state index is 0.537. The smallest absolute Gasteiger partial charge is 0.0624 e. The van der Waals surface area contributed by atoms with Gasteiger partial charge in [0.05, 0.1) is 12.2 Å². The second kappa shape index (κ2) is 2.27. The molecule has 1 aliphatic carbocycles. The van der Waals surface area contributed by atoms with Crippen molar-refractivity contribution in [2.24, 2.45) is 0 Å². The van der Waals surface area contributed by atoms with Gasteiger partial charge < -0.3 is 9.47 Å². The van der Waals surface area contributed by atoms with Crippen LogP contribution < -0.4 is 0 Å². The van der Waals surface area contributed by atoms with E-state index in [1.54, 1.807) is 0 Å². The summed E-state index contributed by atoms with van der Waals surface area (Å²) in [5.74, 6) is 0. The van der Waals surface area contributed by atoms with Crippen LogP contribution in [0.25, 0.3) is 0 Å². The molecule has 0 spiro atoms. The molecule has 0 aromatic rings. The third kappa shape index (κ3) is 1.10. The molecule has 0 atom stereocenters. The van der Waals surface area contributed by atoms with Gasteiger partial charge in [0.25, 0.3) is 0 Å². The third-order valence-electron chi connectivity index (χ3n) is 2.05. The van der Waals surface area contributed by atoms with E-state index in [0.29, 0.717) is 12.2 Å². The van der Waals surface area contributed by atoms with Crippen LogP contribution >= 0.6 is 0 Å². The lowest BCUT2D eigenvalue weighted by atomic mass is 9.91. The van der Waals surface area contributed by atoms with Crippen molar-refractivity contribution >= 4 is 0 Å². The fourth-order valence-corrected chi connectivity index (χ4v) is 1.35. The molecule has 2 heteroatoms. The standard InChI is InChI=1S/C7H12O2/c1-2-8-6-4-7(5-6)9-3-1/h6-7H,1-5H2. The van der Waals surface area contributed by atoms with Crippen molar-refractivity contribution in [2.75, 3.05) is 13.2 Å². The van der Waals surface area contributed by atoms with Crippen molar-refractivity contribution < 1.29 is 9.47 Å². The quantitative estimate of drug-likeness (QED) is 0.483. The predicted octanol–water partition coefficient (Wildman–Crippen LogP) is 0.954. The maximum atomic E-state index is 5.47. The highest BCUT2D eigenvalue weighted by atomic mass is 16.5. The second-order valence-electron chi connectivity index (χ2n) is 2.81. The molecule has 2 saturated heterocycles. The Morgan fingerprint density at radius 2 is 1.44 bits per heavy atom. The molecule has 0 aromatic carbocycles. The van der Waals surface area contributed by atoms with Crippen LogP contribution in [0.5, 0.6) is 0 Å². The zero-order valence-electron chi connectivity index (χ0n) is 5.51. The topological polar surface area (TPSA) is 18.5 Å². The molecular weight excluding hydrogens is 116 g/mol. The molecule has 2 nitrogen and oxygen atoms in total. The van der Waals surface area contributed by atoms with Crippen LogP contribution in [0.15, 0.2) is 0 Å². The van der Waals surface area contributed by atoms with Crippen molar-refractivity contribution in [2.45, 2.75) is 31.5 Å². The molecule has 3 rings (SSSR count). The average molecular weight is 128 g/mol. The van der Waals surface area contributed by atoms with E-state index in [2.05, 4.69) is 0 Å². The van der Waals surface area contributed by atoms with Gasteiger partial charge in [-0.05, 0) is 19.3 Å². The van der Waals surface area contributed by atoms with Crippen LogP contribution in [0.1, 0.15) is 19.3 Å². The fourth-order valence-electron chi connectivity index (χ4n) is 1.35. The highest BCUT2D eigenvalue weighted by Gasteiger charge is 2.31. The Hall–Kier alpha value is -0.0800. The molecule has 9 heavy (non-hydrogen) atoms. The minimum absolute atomic E-state index is 0.537. The van der Waals surface area contributed by atoms with Crippen LogP contribution in [0.4, 0.5) is 0 Å². The Balaban J connectivity index is 1.85. The van der Waals surface area contributed by atoms with Crippen LogP contribution in [0, 0.1) is 0 Å². The Kier molecular flexibility index (Phi) is 1.44. The molecule has 0 radical (unpaired) electrons. The second-order valence-corrected chi connectivity index (χ2v) is 2.81. The van der Waals surface area contributed by atoms with E-state index in [-0.39, 0.29) is 0 Å². The van der Waals surface area contributed by atoms with Gasteiger partial charge in [0.2, 0.25) is 0 Å². The van der Waals surface area contributed by atoms with Gasteiger partial charge in [-0.3, -0.25) is 0 Å². The Morgan fingerprint density at radius 1 is 0.889 bits per heavy atom. The molecule has 0 N–H and O–H groups in total. The largest absolute Gasteiger partial charge is 0.378 e. The van der Waals surface area contributed by atoms with Gasteiger partial charge in [0.15, 0.2) is 0 Å². The first-order chi connectivity index (χ1) is 4.45. The molecule has 1 saturated carbocycles. The summed E-state index contributed by atoms with van der Waals surface area (Å²) in [6.45, 7) is 1.80. The Labute approximate surface area is 55.1 Å². The third-order valence-corrected chi connectivity index (χ3v) is 2.05. The molecular formula is C7H12O2. The Morgan fingerprint density at radius 3 is 2.00 bits per heavy atom. The van der Waals surface area contributed by atoms with Crippen LogP contribution in [0.2, 0.25) is 0 Å². The van der Waals surface area contributed by atoms with E-state index >= 15 is 0 Å². The zero-order chi connectivity index (χ0) is 6.10. The van der Waals surface area contributed by atoms with E-state index in [9.17, 15) is 0 Å². The Bertz CT molecular complexity index is 81.6. The lowest BCUT2D eigenvalue weighted by molar-refractivity contribution is -0.129. The van der Waals surface area contributed by atoms with Gasteiger partial charge in [0.1, 0.15) is 0 Å². The van der Waals surface area contributed by atoms with Gasteiger partial charge >= 0.3 is 0 Å². The molecule has 0 amide bonds. The van der Waals surface area contributed by atoms with Crippen molar-refractivity contribution in [3.8, 4) is 0 Å². The molecule has 2 bridgehead atoms. The summed E-state index contributed by atoms with van der Waals surface area (Å²) in [6, 6.07) is 0. The lowest BCUT2D eigenvalue weighted by Gasteiger charge is -2.37. The minimum Gasteiger partial charge on any atom is -0.378 e. The molecule has 0 unspecified atom stereocenters. The van der Waals surface area contributed by atoms with E-state index in [4.69, 9.17) is 9.47 Å². The van der Waals surface area contributed by atoms with E-state index < -0.39 is 0 Å². The highest BCUT2D eigenvalue weighted by Crippen LogP contribution is 2.27. The van der Waals surface area contributed by atoms with Gasteiger partial charge in [-0.2, -0.15) is 0 Å². The SMILES string of the molecule is C1COC2CC(C2)OC1. The number of ether oxygens (including phenoxy) is 2. The molecule has 0 aromatic heterocycles. The average Bonchev–Trinajstić information content (AvgIpc) is 1.54. The van der Waals surface area contributed by atoms with E-state index in [0.717, 1.165) is 32.5 Å². The van der Waals surface area contributed by atoms with Crippen LogP contribution in [-0.2, 0) is 9.47 Å². The summed E-state index contributed by atoms with van der Waals surface area (Å²) in [4.78, 5) is 0. The molecule has 52 valence electrons. The summed E-state index contributed by atoms with van der Waals surface area (Å²) in [5.41, 5.74) is 0. The summed E-state index contributed by atoms with van der Waals surface area (Å²) in [5, 5.41) is 0. The molecule has 2 heterocycles. The van der Waals surface area contributed by atoms with Gasteiger partial charge in [-0.15, -0.1) is 0 Å². The summed E-state index contributed by atoms with van der Waals surface area (Å²) in [6.07, 6.45) is 4.43. The number of rotatable bonds is 0. The van der Waals surface area contributed by atoms with Crippen molar-refractivity contribution in [1.29, 1.82) is 0 Å². The number of hydrogen-bond acceptors (Lipinski definition) is 2. The van der Waals surface area contributed by atoms with Crippen molar-refractivity contribution in [1.82, 2.24) is 0 Å². The first-order valence-corrected chi connectivity index (χ1v) is 3.68. The number of hydrogen-bond donors (Lipinski definition) is 0. The van der Waals surface area contributed by atoms with Crippen LogP contribution in [0.3, 0.4) is 0 Å². The van der Waals surface area contributed by atoms with E-state index in [1.165, 1.54) is 0 Å². The maximum absolute atomic E-state index is 5.47. The molecule has 3 fully saturated rings. The van der Waals surface area contributed by atoms with Crippen molar-refractivity contribution in [3.63, 3.8) is 0 Å². The van der Waals surface area contributed by atoms with Gasteiger partial charge in [-0.25, -0.2) is 0 Å². The maximum Gasteiger partial charge on any atom is 0.0624 e. The first-order valence-electron chi connectivity index (χ1n) is 3.68. The summed E-state index contributed by atoms with van der Waals surface area (Å²) >= 11 is 0.